The van der Waals surface area contributed by atoms with Crippen LogP contribution in [0.1, 0.15) is 107 Å². The number of carbonyl (C=O) groups is 2. The standard InChI is InChI=1S/C21H25NO3.C12H24/c1-15-5-9-18(10-6-15)20(24)22-14-13-17-7-11-19(12-8-17)25-21(3,4)16(2)23;1-3-4-5-6-12-9-7-11(2)8-10-12/h5-12H,13-14H2,1-4H3,(H,22,24);11-12H,3-10H2,1-2H3. The van der Waals surface area contributed by atoms with Crippen molar-refractivity contribution in [3.05, 3.63) is 65.2 Å². The van der Waals surface area contributed by atoms with E-state index in [9.17, 15) is 9.59 Å². The lowest BCUT2D eigenvalue weighted by Crippen LogP contribution is -2.36. The fourth-order valence-electron chi connectivity index (χ4n) is 4.52. The van der Waals surface area contributed by atoms with Gasteiger partial charge in [-0.05, 0) is 75.8 Å². The molecule has 4 nitrogen and oxygen atoms in total. The molecular formula is C33H49NO3. The van der Waals surface area contributed by atoms with Crippen molar-refractivity contribution in [3.63, 3.8) is 0 Å². The third kappa shape index (κ3) is 11.5. The summed E-state index contributed by atoms with van der Waals surface area (Å²) in [6, 6.07) is 15.1. The van der Waals surface area contributed by atoms with Gasteiger partial charge in [-0.1, -0.05) is 95.0 Å². The third-order valence-corrected chi connectivity index (χ3v) is 7.51. The molecule has 204 valence electrons. The van der Waals surface area contributed by atoms with Crippen molar-refractivity contribution < 1.29 is 14.3 Å². The molecule has 0 spiro atoms. The van der Waals surface area contributed by atoms with E-state index in [1.54, 1.807) is 13.8 Å². The number of ether oxygens (including phenoxy) is 1. The Hall–Kier alpha value is -2.62. The maximum atomic E-state index is 12.1. The van der Waals surface area contributed by atoms with Crippen molar-refractivity contribution in [2.75, 3.05) is 6.54 Å². The first-order chi connectivity index (χ1) is 17.6. The lowest BCUT2D eigenvalue weighted by atomic mass is 9.80. The first kappa shape index (κ1) is 30.6. The van der Waals surface area contributed by atoms with Crippen molar-refractivity contribution >= 4 is 11.7 Å². The number of Topliss-reactive ketones (excluding diaryl/α,β-unsaturated/α-hetero) is 1. The molecule has 2 aromatic carbocycles. The van der Waals surface area contributed by atoms with Crippen LogP contribution in [0.5, 0.6) is 5.75 Å². The average molecular weight is 508 g/mol. The summed E-state index contributed by atoms with van der Waals surface area (Å²) in [5.41, 5.74) is 2.06. The van der Waals surface area contributed by atoms with Gasteiger partial charge in [0.25, 0.3) is 5.91 Å². The Labute approximate surface area is 225 Å². The zero-order chi connectivity index (χ0) is 27.3. The highest BCUT2D eigenvalue weighted by Crippen LogP contribution is 2.31. The van der Waals surface area contributed by atoms with Gasteiger partial charge in [0, 0.05) is 12.1 Å². The maximum Gasteiger partial charge on any atom is 0.251 e. The molecule has 0 aromatic heterocycles. The molecule has 4 heteroatoms. The molecule has 0 radical (unpaired) electrons. The molecular weight excluding hydrogens is 458 g/mol. The Morgan fingerprint density at radius 3 is 2.14 bits per heavy atom. The molecule has 0 bridgehead atoms. The van der Waals surface area contributed by atoms with Crippen LogP contribution >= 0.6 is 0 Å². The zero-order valence-corrected chi connectivity index (χ0v) is 24.1. The number of nitrogens with one attached hydrogen (secondary N) is 1. The minimum absolute atomic E-state index is 0.0182. The van der Waals surface area contributed by atoms with Crippen molar-refractivity contribution in [2.24, 2.45) is 11.8 Å². The van der Waals surface area contributed by atoms with Crippen LogP contribution in [0.25, 0.3) is 0 Å². The van der Waals surface area contributed by atoms with Gasteiger partial charge in [-0.2, -0.15) is 0 Å². The number of ketones is 1. The molecule has 37 heavy (non-hydrogen) atoms. The first-order valence-electron chi connectivity index (χ1n) is 14.2. The predicted octanol–water partition coefficient (Wildman–Crippen LogP) is 8.11. The second kappa shape index (κ2) is 15.6. The topological polar surface area (TPSA) is 55.4 Å². The number of aryl methyl sites for hydroxylation is 1. The van der Waals surface area contributed by atoms with Gasteiger partial charge in [0.15, 0.2) is 11.4 Å². The van der Waals surface area contributed by atoms with Crippen molar-refractivity contribution in [3.8, 4) is 5.75 Å². The van der Waals surface area contributed by atoms with Crippen LogP contribution in [-0.2, 0) is 11.2 Å². The van der Waals surface area contributed by atoms with Crippen LogP contribution in [0.15, 0.2) is 48.5 Å². The summed E-state index contributed by atoms with van der Waals surface area (Å²) in [6.07, 6.45) is 12.6. The first-order valence-corrected chi connectivity index (χ1v) is 14.2. The van der Waals surface area contributed by atoms with Crippen LogP contribution in [0.2, 0.25) is 0 Å². The quantitative estimate of drug-likeness (QED) is 0.313. The fraction of sp³-hybridized carbons (Fsp3) is 0.576. The monoisotopic (exact) mass is 507 g/mol. The summed E-state index contributed by atoms with van der Waals surface area (Å²) in [6.45, 7) is 12.3. The molecule has 1 aliphatic rings. The minimum atomic E-state index is -0.830. The summed E-state index contributed by atoms with van der Waals surface area (Å²) in [5.74, 6) is 2.69. The molecule has 0 atom stereocenters. The van der Waals surface area contributed by atoms with Crippen LogP contribution in [0.4, 0.5) is 0 Å². The number of amides is 1. The third-order valence-electron chi connectivity index (χ3n) is 7.51. The molecule has 1 aliphatic carbocycles. The van der Waals surface area contributed by atoms with Gasteiger partial charge in [0.1, 0.15) is 5.75 Å². The molecule has 1 saturated carbocycles. The van der Waals surface area contributed by atoms with E-state index in [2.05, 4.69) is 19.2 Å². The smallest absolute Gasteiger partial charge is 0.251 e. The maximum absolute atomic E-state index is 12.1. The second-order valence-corrected chi connectivity index (χ2v) is 11.3. The average Bonchev–Trinajstić information content (AvgIpc) is 2.87. The number of benzene rings is 2. The van der Waals surface area contributed by atoms with Gasteiger partial charge in [-0.15, -0.1) is 0 Å². The number of carbonyl (C=O) groups excluding carboxylic acids is 2. The van der Waals surface area contributed by atoms with Crippen molar-refractivity contribution in [2.45, 2.75) is 105 Å². The molecule has 0 heterocycles. The van der Waals surface area contributed by atoms with E-state index in [1.807, 2.05) is 55.5 Å². The lowest BCUT2D eigenvalue weighted by molar-refractivity contribution is -0.129. The Morgan fingerprint density at radius 2 is 1.57 bits per heavy atom. The Bertz CT molecular complexity index is 939. The summed E-state index contributed by atoms with van der Waals surface area (Å²) in [7, 11) is 0. The number of hydrogen-bond acceptors (Lipinski definition) is 3. The van der Waals surface area contributed by atoms with Crippen molar-refractivity contribution in [1.82, 2.24) is 5.32 Å². The van der Waals surface area contributed by atoms with E-state index in [1.165, 1.54) is 58.3 Å². The van der Waals surface area contributed by atoms with Crippen LogP contribution < -0.4 is 10.1 Å². The Kier molecular flexibility index (Phi) is 12.9. The fourth-order valence-corrected chi connectivity index (χ4v) is 4.52. The molecule has 2 aromatic rings. The van der Waals surface area contributed by atoms with E-state index in [0.717, 1.165) is 29.4 Å². The van der Waals surface area contributed by atoms with Crippen LogP contribution in [0, 0.1) is 18.8 Å². The summed E-state index contributed by atoms with van der Waals surface area (Å²) < 4.78 is 5.71. The van der Waals surface area contributed by atoms with Crippen LogP contribution in [0.3, 0.4) is 0 Å². The Morgan fingerprint density at radius 1 is 0.946 bits per heavy atom. The molecule has 0 saturated heterocycles. The largest absolute Gasteiger partial charge is 0.480 e. The van der Waals surface area contributed by atoms with Gasteiger partial charge in [-0.25, -0.2) is 0 Å². The minimum Gasteiger partial charge on any atom is -0.480 e. The van der Waals surface area contributed by atoms with E-state index < -0.39 is 5.60 Å². The van der Waals surface area contributed by atoms with E-state index in [4.69, 9.17) is 4.74 Å². The molecule has 1 N–H and O–H groups in total. The molecule has 0 unspecified atom stereocenters. The van der Waals surface area contributed by atoms with Gasteiger partial charge < -0.3 is 10.1 Å². The summed E-state index contributed by atoms with van der Waals surface area (Å²) >= 11 is 0. The number of rotatable bonds is 11. The van der Waals surface area contributed by atoms with Gasteiger partial charge in [-0.3, -0.25) is 9.59 Å². The highest BCUT2D eigenvalue weighted by Gasteiger charge is 2.25. The van der Waals surface area contributed by atoms with Gasteiger partial charge >= 0.3 is 0 Å². The number of hydrogen-bond donors (Lipinski definition) is 1. The summed E-state index contributed by atoms with van der Waals surface area (Å²) in [5, 5.41) is 2.92. The van der Waals surface area contributed by atoms with Gasteiger partial charge in [0.2, 0.25) is 0 Å². The second-order valence-electron chi connectivity index (χ2n) is 11.3. The Balaban J connectivity index is 0.000000335. The molecule has 0 aliphatic heterocycles. The molecule has 1 fully saturated rings. The van der Waals surface area contributed by atoms with E-state index in [0.29, 0.717) is 17.9 Å². The number of unbranched alkanes of at least 4 members (excludes halogenated alkanes) is 2. The summed E-state index contributed by atoms with van der Waals surface area (Å²) in [4.78, 5) is 23.6. The molecule has 3 rings (SSSR count). The highest BCUT2D eigenvalue weighted by atomic mass is 16.5. The SMILES string of the molecule is CC(=O)C(C)(C)Oc1ccc(CCNC(=O)c2ccc(C)cc2)cc1.CCCCCC1CCC(C)CC1. The lowest BCUT2D eigenvalue weighted by Gasteiger charge is -2.25. The molecule has 1 amide bonds. The van der Waals surface area contributed by atoms with Crippen LogP contribution in [-0.4, -0.2) is 23.8 Å². The predicted molar refractivity (Wildman–Crippen MR) is 154 cm³/mol. The van der Waals surface area contributed by atoms with Crippen molar-refractivity contribution in [1.29, 1.82) is 0 Å². The normalized spacial score (nSPS) is 17.4. The van der Waals surface area contributed by atoms with E-state index >= 15 is 0 Å². The van der Waals surface area contributed by atoms with Gasteiger partial charge in [0.05, 0.1) is 0 Å². The highest BCUT2D eigenvalue weighted by molar-refractivity contribution is 5.94. The zero-order valence-electron chi connectivity index (χ0n) is 24.1. The van der Waals surface area contributed by atoms with E-state index in [-0.39, 0.29) is 11.7 Å².